The molecule has 2 saturated heterocycles. The summed E-state index contributed by atoms with van der Waals surface area (Å²) in [6, 6.07) is 0. The van der Waals surface area contributed by atoms with Gasteiger partial charge in [0.15, 0.2) is 0 Å². The van der Waals surface area contributed by atoms with Crippen molar-refractivity contribution in [2.45, 2.75) is 269 Å². The van der Waals surface area contributed by atoms with Gasteiger partial charge in [-0.15, -0.1) is 0 Å². The maximum absolute atomic E-state index is 2.84. The fourth-order valence-corrected chi connectivity index (χ4v) is 29.8. The summed E-state index contributed by atoms with van der Waals surface area (Å²) in [5.74, 6) is 8.37. The highest BCUT2D eigenvalue weighted by atomic mass is 31.1. The highest BCUT2D eigenvalue weighted by Crippen LogP contribution is 2.77. The maximum Gasteiger partial charge on any atom is -0.0103 e. The third-order valence-electron chi connectivity index (χ3n) is 22.9. The van der Waals surface area contributed by atoms with Gasteiger partial charge in [-0.25, -0.2) is 0 Å². The standard InChI is InChI=1S/C56H96P2/c1-51(2,3)57-39-41-23-25-45-46(20-18-36-56-34-14-7-11-29-53(56,37-27-41)31-16-10-22-48(45)56)50(57)49-42-24-26-44-43(40-58(49)52(4,5)6)19-17-35-55-33-13-8-12-30-54(55,38-28-42)32-15-9-21-47(44)55/h41-50H,7-40H2,1-6H3/t41-,42-,43?,44?,45?,46?,47-,48-,49-,50-,53?,54?,55-,56-,57-,58-/m1/s1. The monoisotopic (exact) mass is 831 g/mol. The van der Waals surface area contributed by atoms with Gasteiger partial charge in [-0.2, -0.15) is 0 Å². The van der Waals surface area contributed by atoms with E-state index in [1.807, 2.05) is 0 Å². The van der Waals surface area contributed by atoms with E-state index in [2.05, 4.69) is 41.5 Å². The molecule has 2 aliphatic heterocycles. The van der Waals surface area contributed by atoms with Crippen LogP contribution >= 0.6 is 15.8 Å². The summed E-state index contributed by atoms with van der Waals surface area (Å²) in [6.45, 7) is 17.0. The van der Waals surface area contributed by atoms with Gasteiger partial charge in [-0.1, -0.05) is 134 Å². The van der Waals surface area contributed by atoms with Crippen LogP contribution in [0.5, 0.6) is 0 Å². The van der Waals surface area contributed by atoms with Gasteiger partial charge < -0.3 is 0 Å². The molecule has 0 N–H and O–H groups in total. The van der Waals surface area contributed by atoms with Crippen molar-refractivity contribution in [3.8, 4) is 0 Å². The minimum atomic E-state index is -0.0608. The van der Waals surface area contributed by atoms with E-state index in [-0.39, 0.29) is 15.8 Å². The Morgan fingerprint density at radius 1 is 0.345 bits per heavy atom. The largest absolute Gasteiger partial charge is 0.0968 e. The highest BCUT2D eigenvalue weighted by molar-refractivity contribution is 7.64. The topological polar surface area (TPSA) is 0 Å². The van der Waals surface area contributed by atoms with E-state index >= 15 is 0 Å². The van der Waals surface area contributed by atoms with Crippen LogP contribution in [0.1, 0.15) is 247 Å². The average molecular weight is 831 g/mol. The Labute approximate surface area is 364 Å². The minimum absolute atomic E-state index is 0.0530. The summed E-state index contributed by atoms with van der Waals surface area (Å²) in [6.07, 6.45) is 54.9. The molecule has 0 nitrogen and oxygen atoms in total. The van der Waals surface area contributed by atoms with Crippen LogP contribution < -0.4 is 0 Å². The van der Waals surface area contributed by atoms with Crippen LogP contribution in [0, 0.1) is 69.0 Å². The summed E-state index contributed by atoms with van der Waals surface area (Å²) in [5, 5.41) is 0.949. The zero-order valence-corrected chi connectivity index (χ0v) is 41.5. The summed E-state index contributed by atoms with van der Waals surface area (Å²) < 4.78 is 0. The molecule has 0 aromatic carbocycles. The van der Waals surface area contributed by atoms with Crippen LogP contribution in [0.2, 0.25) is 0 Å². The molecule has 6 unspecified atom stereocenters. The third kappa shape index (κ3) is 7.03. The maximum atomic E-state index is 2.84. The van der Waals surface area contributed by atoms with Crippen molar-refractivity contribution in [3.05, 3.63) is 0 Å². The molecule has 0 aromatic heterocycles. The summed E-state index contributed by atoms with van der Waals surface area (Å²) >= 11 is 0. The lowest BCUT2D eigenvalue weighted by atomic mass is 9.49. The van der Waals surface area contributed by atoms with Gasteiger partial charge in [0.1, 0.15) is 0 Å². The molecular formula is C56H96P2. The molecule has 2 heterocycles. The Morgan fingerprint density at radius 2 is 0.862 bits per heavy atom. The lowest BCUT2D eigenvalue weighted by Crippen LogP contribution is -2.51. The lowest BCUT2D eigenvalue weighted by Gasteiger charge is -2.58. The Kier molecular flexibility index (Phi) is 12.1. The van der Waals surface area contributed by atoms with Crippen LogP contribution in [0.4, 0.5) is 0 Å². The van der Waals surface area contributed by atoms with Gasteiger partial charge in [0, 0.05) is 0 Å². The first-order chi connectivity index (χ1) is 27.9. The van der Waals surface area contributed by atoms with E-state index in [0.29, 0.717) is 32.0 Å². The SMILES string of the molecule is CC(C)(C)[P@]1CC2CCC[C@@]34CCCCCC35CCCC[C@@H]4C2CC[C@H](CC5)[C@@H]1[C@H]1C2CCC[C@@]34CCCCCC35CCCC[C@@H]4C2CC[C@H](CC5)C[P@@]1C(C)(C)C. The van der Waals surface area contributed by atoms with E-state index in [1.165, 1.54) is 0 Å². The molecule has 8 saturated carbocycles. The average Bonchev–Trinajstić information content (AvgIpc) is 3.64. The second-order valence-corrected chi connectivity index (χ2v) is 33.2. The molecule has 16 atom stereocenters. The molecule has 10 rings (SSSR count). The van der Waals surface area contributed by atoms with Crippen molar-refractivity contribution in [2.75, 3.05) is 12.3 Å². The van der Waals surface area contributed by atoms with Crippen LogP contribution in [0.15, 0.2) is 0 Å². The van der Waals surface area contributed by atoms with Crippen molar-refractivity contribution < 1.29 is 0 Å². The Morgan fingerprint density at radius 3 is 1.50 bits per heavy atom. The van der Waals surface area contributed by atoms with Crippen molar-refractivity contribution in [1.82, 2.24) is 0 Å². The number of rotatable bonds is 1. The number of hydrogen-bond acceptors (Lipinski definition) is 0. The molecule has 330 valence electrons. The van der Waals surface area contributed by atoms with Crippen LogP contribution in [0.25, 0.3) is 0 Å². The van der Waals surface area contributed by atoms with Gasteiger partial charge in [0.05, 0.1) is 0 Å². The zero-order chi connectivity index (χ0) is 40.0. The first kappa shape index (κ1) is 42.8. The second kappa shape index (κ2) is 16.4. The number of hydrogen-bond donors (Lipinski definition) is 0. The normalized spacial score (nSPS) is 51.6. The quantitative estimate of drug-likeness (QED) is 0.231. The molecule has 0 radical (unpaired) electrons. The van der Waals surface area contributed by atoms with Gasteiger partial charge in [-0.05, 0) is 231 Å². The number of fused-ring (bicyclic) bond motifs is 4. The van der Waals surface area contributed by atoms with Crippen molar-refractivity contribution in [2.24, 2.45) is 69.0 Å². The Hall–Kier alpha value is 0.860. The Balaban J connectivity index is 1.15. The molecule has 10 fully saturated rings. The minimum Gasteiger partial charge on any atom is -0.0968 e. The van der Waals surface area contributed by atoms with E-state index in [4.69, 9.17) is 0 Å². The predicted octanol–water partition coefficient (Wildman–Crippen LogP) is 17.8. The van der Waals surface area contributed by atoms with E-state index in [9.17, 15) is 0 Å². The van der Waals surface area contributed by atoms with Crippen LogP contribution in [-0.4, -0.2) is 34.0 Å². The van der Waals surface area contributed by atoms with E-state index in [1.54, 1.807) is 218 Å². The van der Waals surface area contributed by atoms with E-state index < -0.39 is 0 Å². The fraction of sp³-hybridized carbons (Fsp3) is 1.00. The second-order valence-electron chi connectivity index (χ2n) is 26.7. The van der Waals surface area contributed by atoms with Gasteiger partial charge >= 0.3 is 0 Å². The smallest absolute Gasteiger partial charge is 0.0103 e. The molecule has 8 aliphatic carbocycles. The predicted molar refractivity (Wildman–Crippen MR) is 256 cm³/mol. The summed E-state index contributed by atoms with van der Waals surface area (Å²) in [5.41, 5.74) is 4.86. The van der Waals surface area contributed by atoms with Crippen molar-refractivity contribution in [1.29, 1.82) is 0 Å². The molecule has 2 spiro atoms. The lowest BCUT2D eigenvalue weighted by molar-refractivity contribution is -0.0662. The zero-order valence-electron chi connectivity index (χ0n) is 39.7. The molecular weight excluding hydrogens is 735 g/mol. The van der Waals surface area contributed by atoms with Crippen LogP contribution in [0.3, 0.4) is 0 Å². The molecule has 2 heteroatoms. The molecule has 58 heavy (non-hydrogen) atoms. The van der Waals surface area contributed by atoms with Gasteiger partial charge in [-0.3, -0.25) is 0 Å². The first-order valence-electron chi connectivity index (χ1n) is 27.4. The van der Waals surface area contributed by atoms with Crippen molar-refractivity contribution in [3.63, 3.8) is 0 Å². The van der Waals surface area contributed by atoms with Gasteiger partial charge in [0.25, 0.3) is 0 Å². The van der Waals surface area contributed by atoms with Crippen LogP contribution in [-0.2, 0) is 0 Å². The first-order valence-corrected chi connectivity index (χ1v) is 30.6. The molecule has 0 amide bonds. The summed E-state index contributed by atoms with van der Waals surface area (Å²) in [7, 11) is -0.114. The third-order valence-corrected chi connectivity index (χ3v) is 31.2. The summed E-state index contributed by atoms with van der Waals surface area (Å²) in [4.78, 5) is 0. The van der Waals surface area contributed by atoms with Gasteiger partial charge in [0.2, 0.25) is 0 Å². The van der Waals surface area contributed by atoms with Crippen molar-refractivity contribution >= 4 is 15.8 Å². The molecule has 10 aliphatic rings. The molecule has 10 bridgehead atoms. The fourth-order valence-electron chi connectivity index (χ4n) is 20.8. The highest BCUT2D eigenvalue weighted by Gasteiger charge is 2.64. The van der Waals surface area contributed by atoms with E-state index in [0.717, 1.165) is 58.7 Å². The Bertz CT molecular complexity index is 1410. The molecule has 0 aromatic rings.